The molecule has 1 fully saturated rings. The molecule has 0 unspecified atom stereocenters. The van der Waals surface area contributed by atoms with Gasteiger partial charge < -0.3 is 10.1 Å². The topological polar surface area (TPSA) is 34.1 Å². The Kier molecular flexibility index (Phi) is 4.37. The molecule has 1 N–H and O–H groups in total. The number of hydrogen-bond donors (Lipinski definition) is 1. The van der Waals surface area contributed by atoms with Crippen LogP contribution in [0.1, 0.15) is 44.4 Å². The average molecular weight is 234 g/mol. The molecule has 3 heteroatoms. The standard InChI is InChI=1S/C14H22N2O/c1-3-5-13-8-11(10-15-12-6-7-12)9-14(16-13)17-4-2/h8-9,12,15H,3-7,10H2,1-2H3. The number of pyridine rings is 1. The molecule has 1 aromatic rings. The van der Waals surface area contributed by atoms with Gasteiger partial charge >= 0.3 is 0 Å². The van der Waals surface area contributed by atoms with E-state index in [0.717, 1.165) is 37.0 Å². The molecular formula is C14H22N2O. The zero-order valence-electron chi connectivity index (χ0n) is 10.8. The van der Waals surface area contributed by atoms with Crippen LogP contribution in [0.15, 0.2) is 12.1 Å². The van der Waals surface area contributed by atoms with E-state index in [1.54, 1.807) is 0 Å². The average Bonchev–Trinajstić information content (AvgIpc) is 3.11. The third-order valence-corrected chi connectivity index (χ3v) is 2.89. The number of aromatic nitrogens is 1. The van der Waals surface area contributed by atoms with Gasteiger partial charge in [0.25, 0.3) is 0 Å². The van der Waals surface area contributed by atoms with Gasteiger partial charge in [0.2, 0.25) is 5.88 Å². The van der Waals surface area contributed by atoms with Gasteiger partial charge in [-0.3, -0.25) is 0 Å². The second-order valence-corrected chi connectivity index (χ2v) is 4.64. The maximum atomic E-state index is 5.52. The molecular weight excluding hydrogens is 212 g/mol. The zero-order chi connectivity index (χ0) is 12.1. The number of hydrogen-bond acceptors (Lipinski definition) is 3. The van der Waals surface area contributed by atoms with Gasteiger partial charge in [0, 0.05) is 24.3 Å². The van der Waals surface area contributed by atoms with Crippen LogP contribution in [-0.2, 0) is 13.0 Å². The predicted octanol–water partition coefficient (Wildman–Crippen LogP) is 2.68. The van der Waals surface area contributed by atoms with Crippen molar-refractivity contribution in [2.45, 2.75) is 52.1 Å². The zero-order valence-corrected chi connectivity index (χ0v) is 10.8. The lowest BCUT2D eigenvalue weighted by atomic mass is 10.1. The summed E-state index contributed by atoms with van der Waals surface area (Å²) in [5.41, 5.74) is 2.44. The van der Waals surface area contributed by atoms with Crippen LogP contribution in [-0.4, -0.2) is 17.6 Å². The molecule has 0 radical (unpaired) electrons. The summed E-state index contributed by atoms with van der Waals surface area (Å²) in [5, 5.41) is 3.53. The van der Waals surface area contributed by atoms with E-state index in [-0.39, 0.29) is 0 Å². The lowest BCUT2D eigenvalue weighted by Gasteiger charge is -2.09. The smallest absolute Gasteiger partial charge is 0.213 e. The van der Waals surface area contributed by atoms with E-state index in [0.29, 0.717) is 6.61 Å². The Labute approximate surface area is 104 Å². The van der Waals surface area contributed by atoms with Crippen molar-refractivity contribution in [3.63, 3.8) is 0 Å². The van der Waals surface area contributed by atoms with E-state index in [4.69, 9.17) is 4.74 Å². The molecule has 0 saturated heterocycles. The second-order valence-electron chi connectivity index (χ2n) is 4.64. The molecule has 3 nitrogen and oxygen atoms in total. The third-order valence-electron chi connectivity index (χ3n) is 2.89. The Balaban J connectivity index is 2.04. The van der Waals surface area contributed by atoms with Crippen molar-refractivity contribution < 1.29 is 4.74 Å². The third kappa shape index (κ3) is 4.00. The predicted molar refractivity (Wildman–Crippen MR) is 69.3 cm³/mol. The lowest BCUT2D eigenvalue weighted by Crippen LogP contribution is -2.15. The maximum Gasteiger partial charge on any atom is 0.213 e. The fourth-order valence-corrected chi connectivity index (χ4v) is 1.88. The SMILES string of the molecule is CCCc1cc(CNC2CC2)cc(OCC)n1. The minimum atomic E-state index is 0.679. The minimum absolute atomic E-state index is 0.679. The molecule has 0 atom stereocenters. The van der Waals surface area contributed by atoms with E-state index in [9.17, 15) is 0 Å². The first kappa shape index (κ1) is 12.4. The molecule has 0 aliphatic heterocycles. The normalized spacial score (nSPS) is 14.9. The Morgan fingerprint density at radius 1 is 1.35 bits per heavy atom. The minimum Gasteiger partial charge on any atom is -0.478 e. The van der Waals surface area contributed by atoms with E-state index in [2.05, 4.69) is 29.4 Å². The highest BCUT2D eigenvalue weighted by Crippen LogP contribution is 2.20. The van der Waals surface area contributed by atoms with Crippen molar-refractivity contribution >= 4 is 0 Å². The molecule has 2 rings (SSSR count). The Morgan fingerprint density at radius 3 is 2.82 bits per heavy atom. The molecule has 1 heterocycles. The monoisotopic (exact) mass is 234 g/mol. The van der Waals surface area contributed by atoms with E-state index in [1.807, 2.05) is 6.92 Å². The van der Waals surface area contributed by atoms with Gasteiger partial charge in [-0.25, -0.2) is 4.98 Å². The molecule has 0 spiro atoms. The van der Waals surface area contributed by atoms with Gasteiger partial charge in [-0.1, -0.05) is 13.3 Å². The molecule has 94 valence electrons. The summed E-state index contributed by atoms with van der Waals surface area (Å²) in [4.78, 5) is 4.51. The quantitative estimate of drug-likeness (QED) is 0.787. The second kappa shape index (κ2) is 6.01. The van der Waals surface area contributed by atoms with Gasteiger partial charge in [0.15, 0.2) is 0 Å². The number of nitrogens with one attached hydrogen (secondary N) is 1. The first-order valence-corrected chi connectivity index (χ1v) is 6.67. The van der Waals surface area contributed by atoms with Crippen molar-refractivity contribution in [2.24, 2.45) is 0 Å². The molecule has 0 amide bonds. The summed E-state index contributed by atoms with van der Waals surface area (Å²) in [6.45, 7) is 5.79. The fraction of sp³-hybridized carbons (Fsp3) is 0.643. The van der Waals surface area contributed by atoms with Gasteiger partial charge in [-0.05, 0) is 37.8 Å². The molecule has 1 saturated carbocycles. The fourth-order valence-electron chi connectivity index (χ4n) is 1.88. The van der Waals surface area contributed by atoms with Crippen molar-refractivity contribution in [1.82, 2.24) is 10.3 Å². The van der Waals surface area contributed by atoms with Gasteiger partial charge in [-0.15, -0.1) is 0 Å². The molecule has 1 aliphatic carbocycles. The van der Waals surface area contributed by atoms with Crippen LogP contribution in [0.4, 0.5) is 0 Å². The summed E-state index contributed by atoms with van der Waals surface area (Å²) in [6, 6.07) is 4.99. The number of nitrogens with zero attached hydrogens (tertiary/aromatic N) is 1. The highest BCUT2D eigenvalue weighted by Gasteiger charge is 2.20. The molecule has 1 aliphatic rings. The summed E-state index contributed by atoms with van der Waals surface area (Å²) in [5.74, 6) is 0.769. The van der Waals surface area contributed by atoms with Crippen molar-refractivity contribution in [2.75, 3.05) is 6.61 Å². The number of rotatable bonds is 7. The Hall–Kier alpha value is -1.09. The Bertz CT molecular complexity index is 337. The Morgan fingerprint density at radius 2 is 2.18 bits per heavy atom. The lowest BCUT2D eigenvalue weighted by molar-refractivity contribution is 0.325. The van der Waals surface area contributed by atoms with Crippen molar-refractivity contribution in [1.29, 1.82) is 0 Å². The van der Waals surface area contributed by atoms with Gasteiger partial charge in [0.1, 0.15) is 0 Å². The van der Waals surface area contributed by atoms with Crippen LogP contribution in [0.25, 0.3) is 0 Å². The summed E-state index contributed by atoms with van der Waals surface area (Å²) in [7, 11) is 0. The highest BCUT2D eigenvalue weighted by molar-refractivity contribution is 5.25. The maximum absolute atomic E-state index is 5.52. The van der Waals surface area contributed by atoms with Crippen LogP contribution >= 0.6 is 0 Å². The molecule has 1 aromatic heterocycles. The highest BCUT2D eigenvalue weighted by atomic mass is 16.5. The summed E-state index contributed by atoms with van der Waals surface area (Å²) in [6.07, 6.45) is 4.80. The van der Waals surface area contributed by atoms with Crippen LogP contribution in [0, 0.1) is 0 Å². The van der Waals surface area contributed by atoms with Crippen molar-refractivity contribution in [3.8, 4) is 5.88 Å². The van der Waals surface area contributed by atoms with E-state index in [1.165, 1.54) is 18.4 Å². The summed E-state index contributed by atoms with van der Waals surface area (Å²) >= 11 is 0. The van der Waals surface area contributed by atoms with E-state index < -0.39 is 0 Å². The van der Waals surface area contributed by atoms with Gasteiger partial charge in [0.05, 0.1) is 6.61 Å². The molecule has 0 aromatic carbocycles. The van der Waals surface area contributed by atoms with Crippen molar-refractivity contribution in [3.05, 3.63) is 23.4 Å². The summed E-state index contributed by atoms with van der Waals surface area (Å²) < 4.78 is 5.52. The van der Waals surface area contributed by atoms with Crippen LogP contribution in [0.3, 0.4) is 0 Å². The largest absolute Gasteiger partial charge is 0.478 e. The van der Waals surface area contributed by atoms with Gasteiger partial charge in [-0.2, -0.15) is 0 Å². The molecule has 0 bridgehead atoms. The number of aryl methyl sites for hydroxylation is 1. The van der Waals surface area contributed by atoms with Crippen LogP contribution in [0.5, 0.6) is 5.88 Å². The van der Waals surface area contributed by atoms with E-state index >= 15 is 0 Å². The molecule has 17 heavy (non-hydrogen) atoms. The first-order chi connectivity index (χ1) is 8.31. The van der Waals surface area contributed by atoms with Crippen LogP contribution < -0.4 is 10.1 Å². The van der Waals surface area contributed by atoms with Crippen LogP contribution in [0.2, 0.25) is 0 Å². The first-order valence-electron chi connectivity index (χ1n) is 6.67. The number of ether oxygens (including phenoxy) is 1.